The maximum atomic E-state index is 2.67. The van der Waals surface area contributed by atoms with Crippen molar-refractivity contribution < 1.29 is 0 Å². The molecule has 0 N–H and O–H groups in total. The van der Waals surface area contributed by atoms with E-state index in [0.717, 1.165) is 6.04 Å². The summed E-state index contributed by atoms with van der Waals surface area (Å²) in [5.41, 5.74) is 0. The van der Waals surface area contributed by atoms with Gasteiger partial charge in [0.05, 0.1) is 0 Å². The third-order valence-corrected chi connectivity index (χ3v) is 2.90. The molecule has 0 aromatic carbocycles. The second kappa shape index (κ2) is 3.40. The van der Waals surface area contributed by atoms with Gasteiger partial charge in [0.2, 0.25) is 0 Å². The molecular formula is C10H17N. The summed E-state index contributed by atoms with van der Waals surface area (Å²) in [5, 5.41) is 0. The number of likely N-dealkylation sites (tertiary alicyclic amines) is 1. The predicted octanol–water partition coefficient (Wildman–Crippen LogP) is 2.19. The first-order valence-electron chi connectivity index (χ1n) is 4.86. The van der Waals surface area contributed by atoms with Crippen molar-refractivity contribution in [2.75, 3.05) is 13.1 Å². The van der Waals surface area contributed by atoms with Gasteiger partial charge in [-0.05, 0) is 45.2 Å². The van der Waals surface area contributed by atoms with E-state index in [0.29, 0.717) is 0 Å². The van der Waals surface area contributed by atoms with Gasteiger partial charge in [0.1, 0.15) is 0 Å². The highest BCUT2D eigenvalue weighted by Gasteiger charge is 2.21. The average molecular weight is 151 g/mol. The van der Waals surface area contributed by atoms with Gasteiger partial charge in [-0.25, -0.2) is 0 Å². The van der Waals surface area contributed by atoms with Crippen LogP contribution in [0.2, 0.25) is 0 Å². The Labute approximate surface area is 69.1 Å². The molecule has 1 heteroatoms. The number of nitrogens with zero attached hydrogens (tertiary/aromatic N) is 1. The summed E-state index contributed by atoms with van der Waals surface area (Å²) in [4.78, 5) is 2.67. The van der Waals surface area contributed by atoms with Crippen molar-refractivity contribution in [1.82, 2.24) is 4.90 Å². The van der Waals surface area contributed by atoms with Crippen LogP contribution in [0.5, 0.6) is 0 Å². The van der Waals surface area contributed by atoms with Crippen LogP contribution in [0.3, 0.4) is 0 Å². The molecule has 1 unspecified atom stereocenters. The van der Waals surface area contributed by atoms with Crippen LogP contribution >= 0.6 is 0 Å². The van der Waals surface area contributed by atoms with Crippen molar-refractivity contribution in [3.05, 3.63) is 12.2 Å². The fourth-order valence-electron chi connectivity index (χ4n) is 2.22. The minimum Gasteiger partial charge on any atom is -0.300 e. The maximum Gasteiger partial charge on any atom is 0.0133 e. The Hall–Kier alpha value is -0.300. The first-order chi connectivity index (χ1) is 5.47. The van der Waals surface area contributed by atoms with E-state index in [2.05, 4.69) is 17.1 Å². The first kappa shape index (κ1) is 7.35. The Morgan fingerprint density at radius 2 is 1.91 bits per heavy atom. The zero-order valence-corrected chi connectivity index (χ0v) is 7.13. The van der Waals surface area contributed by atoms with Crippen LogP contribution in [0.1, 0.15) is 32.1 Å². The van der Waals surface area contributed by atoms with Gasteiger partial charge in [-0.15, -0.1) is 0 Å². The second-order valence-electron chi connectivity index (χ2n) is 3.68. The van der Waals surface area contributed by atoms with Crippen LogP contribution in [0, 0.1) is 0 Å². The highest BCUT2D eigenvalue weighted by atomic mass is 15.2. The Morgan fingerprint density at radius 3 is 2.55 bits per heavy atom. The molecule has 1 heterocycles. The molecule has 0 bridgehead atoms. The normalized spacial score (nSPS) is 32.9. The summed E-state index contributed by atoms with van der Waals surface area (Å²) in [6.07, 6.45) is 11.6. The lowest BCUT2D eigenvalue weighted by atomic mass is 10.0. The molecule has 1 atom stereocenters. The lowest BCUT2D eigenvalue weighted by Gasteiger charge is -2.28. The van der Waals surface area contributed by atoms with Gasteiger partial charge >= 0.3 is 0 Å². The zero-order valence-electron chi connectivity index (χ0n) is 7.13. The van der Waals surface area contributed by atoms with Crippen LogP contribution in [-0.2, 0) is 0 Å². The van der Waals surface area contributed by atoms with Crippen LogP contribution in [-0.4, -0.2) is 24.0 Å². The Balaban J connectivity index is 1.88. The van der Waals surface area contributed by atoms with Crippen molar-refractivity contribution in [3.63, 3.8) is 0 Å². The summed E-state index contributed by atoms with van der Waals surface area (Å²) >= 11 is 0. The monoisotopic (exact) mass is 151 g/mol. The van der Waals surface area contributed by atoms with Crippen LogP contribution in [0.25, 0.3) is 0 Å². The fourth-order valence-corrected chi connectivity index (χ4v) is 2.22. The second-order valence-corrected chi connectivity index (χ2v) is 3.68. The van der Waals surface area contributed by atoms with E-state index >= 15 is 0 Å². The van der Waals surface area contributed by atoms with Crippen molar-refractivity contribution in [3.8, 4) is 0 Å². The highest BCUT2D eigenvalue weighted by Crippen LogP contribution is 2.21. The van der Waals surface area contributed by atoms with Crippen LogP contribution in [0.4, 0.5) is 0 Å². The smallest absolute Gasteiger partial charge is 0.0133 e. The van der Waals surface area contributed by atoms with E-state index in [1.165, 1.54) is 45.2 Å². The van der Waals surface area contributed by atoms with Crippen molar-refractivity contribution in [2.45, 2.75) is 38.1 Å². The molecule has 1 nitrogen and oxygen atoms in total. The molecule has 2 rings (SSSR count). The topological polar surface area (TPSA) is 3.24 Å². The summed E-state index contributed by atoms with van der Waals surface area (Å²) in [7, 11) is 0. The molecule has 0 aromatic rings. The van der Waals surface area contributed by atoms with E-state index in [1.807, 2.05) is 0 Å². The summed E-state index contributed by atoms with van der Waals surface area (Å²) in [5.74, 6) is 0. The molecule has 0 aromatic heterocycles. The minimum absolute atomic E-state index is 0.891. The predicted molar refractivity (Wildman–Crippen MR) is 47.6 cm³/mol. The fraction of sp³-hybridized carbons (Fsp3) is 0.800. The third-order valence-electron chi connectivity index (χ3n) is 2.90. The SMILES string of the molecule is C1=CCC(N2CCCC2)CC1. The Bertz CT molecular complexity index is 145. The maximum absolute atomic E-state index is 2.67. The molecule has 0 saturated carbocycles. The Kier molecular flexibility index (Phi) is 2.27. The van der Waals surface area contributed by atoms with Crippen molar-refractivity contribution in [2.24, 2.45) is 0 Å². The summed E-state index contributed by atoms with van der Waals surface area (Å²) in [6, 6.07) is 0.891. The molecule has 0 spiro atoms. The van der Waals surface area contributed by atoms with E-state index in [9.17, 15) is 0 Å². The van der Waals surface area contributed by atoms with Gasteiger partial charge in [0.15, 0.2) is 0 Å². The molecule has 0 amide bonds. The van der Waals surface area contributed by atoms with E-state index in [-0.39, 0.29) is 0 Å². The number of rotatable bonds is 1. The summed E-state index contributed by atoms with van der Waals surface area (Å²) in [6.45, 7) is 2.72. The Morgan fingerprint density at radius 1 is 1.09 bits per heavy atom. The van der Waals surface area contributed by atoms with Crippen LogP contribution < -0.4 is 0 Å². The van der Waals surface area contributed by atoms with Gasteiger partial charge in [-0.2, -0.15) is 0 Å². The quantitative estimate of drug-likeness (QED) is 0.519. The molecule has 1 fully saturated rings. The largest absolute Gasteiger partial charge is 0.300 e. The molecule has 1 aliphatic carbocycles. The molecule has 11 heavy (non-hydrogen) atoms. The molecular weight excluding hydrogens is 134 g/mol. The lowest BCUT2D eigenvalue weighted by molar-refractivity contribution is 0.228. The third kappa shape index (κ3) is 1.64. The molecule has 1 saturated heterocycles. The van der Waals surface area contributed by atoms with Gasteiger partial charge in [-0.3, -0.25) is 0 Å². The van der Waals surface area contributed by atoms with Gasteiger partial charge in [-0.1, -0.05) is 12.2 Å². The van der Waals surface area contributed by atoms with Gasteiger partial charge in [0, 0.05) is 6.04 Å². The molecule has 1 aliphatic heterocycles. The van der Waals surface area contributed by atoms with Crippen molar-refractivity contribution in [1.29, 1.82) is 0 Å². The van der Waals surface area contributed by atoms with E-state index in [4.69, 9.17) is 0 Å². The number of allylic oxidation sites excluding steroid dienone is 1. The summed E-state index contributed by atoms with van der Waals surface area (Å²) < 4.78 is 0. The van der Waals surface area contributed by atoms with Crippen molar-refractivity contribution >= 4 is 0 Å². The molecule has 62 valence electrons. The molecule has 0 radical (unpaired) electrons. The zero-order chi connectivity index (χ0) is 7.52. The minimum atomic E-state index is 0.891. The lowest BCUT2D eigenvalue weighted by Crippen LogP contribution is -2.33. The highest BCUT2D eigenvalue weighted by molar-refractivity contribution is 4.94. The van der Waals surface area contributed by atoms with Gasteiger partial charge in [0.25, 0.3) is 0 Å². The average Bonchev–Trinajstić information content (AvgIpc) is 2.58. The standard InChI is InChI=1S/C10H17N/c1-2-6-10(7-3-1)11-8-4-5-9-11/h1-2,10H,3-9H2. The van der Waals surface area contributed by atoms with E-state index in [1.54, 1.807) is 0 Å². The first-order valence-corrected chi connectivity index (χ1v) is 4.86. The van der Waals surface area contributed by atoms with E-state index < -0.39 is 0 Å². The van der Waals surface area contributed by atoms with Crippen LogP contribution in [0.15, 0.2) is 12.2 Å². The number of hydrogen-bond acceptors (Lipinski definition) is 1. The molecule has 2 aliphatic rings. The van der Waals surface area contributed by atoms with Gasteiger partial charge < -0.3 is 4.90 Å². The number of hydrogen-bond donors (Lipinski definition) is 0.